The van der Waals surface area contributed by atoms with Gasteiger partial charge in [0.1, 0.15) is 5.78 Å². The number of hydrogen-bond donors (Lipinski definition) is 1. The van der Waals surface area contributed by atoms with E-state index in [0.717, 1.165) is 12.8 Å². The third-order valence-electron chi connectivity index (χ3n) is 4.99. The van der Waals surface area contributed by atoms with Gasteiger partial charge in [0.2, 0.25) is 0 Å². The standard InChI is InChI=1S/C22H36O2.C2H6/c1-4-5-6-7-8-9-10-11-12-20-13-15-21(16-14-20)22(24)17-18(2)19(3)23;1-2/h13-15,18,21,23H,3-12,16-17H2,1-2H3;1-2H3. The summed E-state index contributed by atoms with van der Waals surface area (Å²) < 4.78 is 0. The van der Waals surface area contributed by atoms with Crippen LogP contribution in [0.15, 0.2) is 36.1 Å². The predicted octanol–water partition coefficient (Wildman–Crippen LogP) is 7.71. The van der Waals surface area contributed by atoms with Gasteiger partial charge in [0, 0.05) is 18.3 Å². The number of carbonyl (C=O) groups is 1. The van der Waals surface area contributed by atoms with E-state index >= 15 is 0 Å². The van der Waals surface area contributed by atoms with Gasteiger partial charge in [-0.25, -0.2) is 0 Å². The fourth-order valence-corrected chi connectivity index (χ4v) is 3.12. The molecule has 2 nitrogen and oxygen atoms in total. The van der Waals surface area contributed by atoms with E-state index in [9.17, 15) is 9.90 Å². The molecule has 0 aromatic carbocycles. The zero-order valence-electron chi connectivity index (χ0n) is 17.7. The Morgan fingerprint density at radius 1 is 1.15 bits per heavy atom. The lowest BCUT2D eigenvalue weighted by molar-refractivity contribution is -0.122. The Hall–Kier alpha value is -1.31. The van der Waals surface area contributed by atoms with Crippen molar-refractivity contribution in [2.75, 3.05) is 0 Å². The monoisotopic (exact) mass is 362 g/mol. The number of allylic oxidation sites excluding steroid dienone is 5. The first-order valence-corrected chi connectivity index (χ1v) is 10.8. The molecule has 2 atom stereocenters. The van der Waals surface area contributed by atoms with Crippen LogP contribution in [0.4, 0.5) is 0 Å². The van der Waals surface area contributed by atoms with Crippen LogP contribution in [0.25, 0.3) is 0 Å². The van der Waals surface area contributed by atoms with Crippen LogP contribution < -0.4 is 0 Å². The molecular formula is C24H42O2. The lowest BCUT2D eigenvalue weighted by Crippen LogP contribution is -2.17. The van der Waals surface area contributed by atoms with Crippen LogP contribution in [0.5, 0.6) is 0 Å². The number of aliphatic hydroxyl groups is 1. The molecule has 0 amide bonds. The van der Waals surface area contributed by atoms with Crippen molar-refractivity contribution in [1.29, 1.82) is 0 Å². The highest BCUT2D eigenvalue weighted by atomic mass is 16.3. The molecule has 0 spiro atoms. The highest BCUT2D eigenvalue weighted by Crippen LogP contribution is 2.24. The van der Waals surface area contributed by atoms with Crippen molar-refractivity contribution in [3.63, 3.8) is 0 Å². The Labute approximate surface area is 162 Å². The Morgan fingerprint density at radius 3 is 2.23 bits per heavy atom. The number of unbranched alkanes of at least 4 members (excludes halogenated alkanes) is 7. The van der Waals surface area contributed by atoms with Crippen LogP contribution in [0.3, 0.4) is 0 Å². The number of aliphatic hydroxyl groups excluding tert-OH is 1. The number of carbonyl (C=O) groups excluding carboxylic acids is 1. The van der Waals surface area contributed by atoms with Gasteiger partial charge in [0.25, 0.3) is 0 Å². The topological polar surface area (TPSA) is 37.3 Å². The van der Waals surface area contributed by atoms with Gasteiger partial charge >= 0.3 is 0 Å². The molecule has 0 fully saturated rings. The second-order valence-electron chi connectivity index (χ2n) is 7.27. The van der Waals surface area contributed by atoms with Crippen molar-refractivity contribution >= 4 is 5.78 Å². The molecule has 0 heterocycles. The molecule has 1 aliphatic rings. The summed E-state index contributed by atoms with van der Waals surface area (Å²) in [4.78, 5) is 12.2. The quantitative estimate of drug-likeness (QED) is 0.269. The van der Waals surface area contributed by atoms with Gasteiger partial charge in [-0.15, -0.1) is 0 Å². The average Bonchev–Trinajstić information content (AvgIpc) is 2.65. The lowest BCUT2D eigenvalue weighted by atomic mass is 9.87. The molecule has 1 aliphatic carbocycles. The van der Waals surface area contributed by atoms with Gasteiger partial charge in [-0.1, -0.05) is 103 Å². The summed E-state index contributed by atoms with van der Waals surface area (Å²) in [7, 11) is 0. The molecule has 0 bridgehead atoms. The van der Waals surface area contributed by atoms with E-state index in [-0.39, 0.29) is 23.4 Å². The van der Waals surface area contributed by atoms with Gasteiger partial charge in [-0.3, -0.25) is 4.79 Å². The average molecular weight is 363 g/mol. The van der Waals surface area contributed by atoms with Crippen molar-refractivity contribution in [2.24, 2.45) is 11.8 Å². The van der Waals surface area contributed by atoms with E-state index < -0.39 is 0 Å². The van der Waals surface area contributed by atoms with Crippen molar-refractivity contribution in [2.45, 2.75) is 98.3 Å². The molecule has 0 saturated heterocycles. The second-order valence-corrected chi connectivity index (χ2v) is 7.27. The Kier molecular flexibility index (Phi) is 15.1. The van der Waals surface area contributed by atoms with E-state index in [4.69, 9.17) is 0 Å². The molecule has 0 aromatic heterocycles. The van der Waals surface area contributed by atoms with Crippen LogP contribution in [0, 0.1) is 11.8 Å². The molecule has 2 heteroatoms. The Morgan fingerprint density at radius 2 is 1.73 bits per heavy atom. The van der Waals surface area contributed by atoms with E-state index in [1.807, 2.05) is 20.8 Å². The van der Waals surface area contributed by atoms with Crippen LogP contribution >= 0.6 is 0 Å². The zero-order valence-corrected chi connectivity index (χ0v) is 17.7. The number of hydrogen-bond acceptors (Lipinski definition) is 2. The summed E-state index contributed by atoms with van der Waals surface area (Å²) >= 11 is 0. The largest absolute Gasteiger partial charge is 0.513 e. The van der Waals surface area contributed by atoms with Crippen LogP contribution in [0.2, 0.25) is 0 Å². The highest BCUT2D eigenvalue weighted by molar-refractivity contribution is 5.83. The number of Topliss-reactive ketones (excluding diaryl/α,β-unsaturated/α-hetero) is 1. The van der Waals surface area contributed by atoms with E-state index in [2.05, 4.69) is 31.7 Å². The van der Waals surface area contributed by atoms with E-state index in [1.54, 1.807) is 0 Å². The Balaban J connectivity index is 0.00000301. The first kappa shape index (κ1) is 24.7. The fraction of sp³-hybridized carbons (Fsp3) is 0.708. The molecule has 0 aromatic rings. The fourth-order valence-electron chi connectivity index (χ4n) is 3.12. The van der Waals surface area contributed by atoms with E-state index in [1.165, 1.54) is 56.9 Å². The van der Waals surface area contributed by atoms with Gasteiger partial charge in [0.05, 0.1) is 5.76 Å². The number of ketones is 1. The molecule has 0 saturated carbocycles. The summed E-state index contributed by atoms with van der Waals surface area (Å²) in [5, 5.41) is 9.33. The minimum absolute atomic E-state index is 0.0193. The maximum Gasteiger partial charge on any atom is 0.140 e. The smallest absolute Gasteiger partial charge is 0.140 e. The third kappa shape index (κ3) is 11.3. The molecule has 0 radical (unpaired) electrons. The summed E-state index contributed by atoms with van der Waals surface area (Å²) in [6.45, 7) is 11.6. The van der Waals surface area contributed by atoms with E-state index in [0.29, 0.717) is 6.42 Å². The molecule has 2 unspecified atom stereocenters. The minimum Gasteiger partial charge on any atom is -0.513 e. The molecule has 1 N–H and O–H groups in total. The predicted molar refractivity (Wildman–Crippen MR) is 114 cm³/mol. The number of rotatable bonds is 13. The highest BCUT2D eigenvalue weighted by Gasteiger charge is 2.20. The molecular weight excluding hydrogens is 320 g/mol. The molecule has 26 heavy (non-hydrogen) atoms. The second kappa shape index (κ2) is 15.9. The van der Waals surface area contributed by atoms with Crippen molar-refractivity contribution in [1.82, 2.24) is 0 Å². The van der Waals surface area contributed by atoms with Crippen molar-refractivity contribution in [3.05, 3.63) is 36.1 Å². The molecule has 1 rings (SSSR count). The zero-order chi connectivity index (χ0) is 19.8. The van der Waals surface area contributed by atoms with Gasteiger partial charge < -0.3 is 5.11 Å². The van der Waals surface area contributed by atoms with Crippen LogP contribution in [-0.4, -0.2) is 10.9 Å². The van der Waals surface area contributed by atoms with Gasteiger partial charge in [-0.2, -0.15) is 0 Å². The molecule has 150 valence electrons. The normalized spacial score (nSPS) is 17.1. The molecule has 0 aliphatic heterocycles. The van der Waals surface area contributed by atoms with Crippen LogP contribution in [0.1, 0.15) is 98.3 Å². The lowest BCUT2D eigenvalue weighted by Gasteiger charge is -2.17. The van der Waals surface area contributed by atoms with Gasteiger partial charge in [-0.05, 0) is 19.3 Å². The first-order valence-electron chi connectivity index (χ1n) is 10.8. The minimum atomic E-state index is -0.145. The van der Waals surface area contributed by atoms with Gasteiger partial charge in [0.15, 0.2) is 0 Å². The summed E-state index contributed by atoms with van der Waals surface area (Å²) in [5.41, 5.74) is 1.38. The Bertz CT molecular complexity index is 445. The van der Waals surface area contributed by atoms with Crippen LogP contribution in [-0.2, 0) is 4.79 Å². The SMILES string of the molecule is C=C(O)C(C)CC(=O)C1C=CC(CCCCCCCCCC)=CC1.CC. The summed E-state index contributed by atoms with van der Waals surface area (Å²) in [5.74, 6) is 0.146. The maximum absolute atomic E-state index is 12.2. The third-order valence-corrected chi connectivity index (χ3v) is 4.99. The summed E-state index contributed by atoms with van der Waals surface area (Å²) in [6, 6.07) is 0. The maximum atomic E-state index is 12.2. The first-order chi connectivity index (χ1) is 12.5. The van der Waals surface area contributed by atoms with Crippen molar-refractivity contribution in [3.8, 4) is 0 Å². The van der Waals surface area contributed by atoms with Crippen molar-refractivity contribution < 1.29 is 9.90 Å². The summed E-state index contributed by atoms with van der Waals surface area (Å²) in [6.07, 6.45) is 19.5.